The van der Waals surface area contributed by atoms with Crippen LogP contribution in [0.1, 0.15) is 5.56 Å². The van der Waals surface area contributed by atoms with Crippen molar-refractivity contribution in [3.63, 3.8) is 0 Å². The number of hydrogen-bond acceptors (Lipinski definition) is 2. The van der Waals surface area contributed by atoms with Crippen LogP contribution < -0.4 is 5.73 Å². The molecule has 14 heavy (non-hydrogen) atoms. The van der Waals surface area contributed by atoms with Crippen LogP contribution in [0.5, 0.6) is 0 Å². The third-order valence-electron chi connectivity index (χ3n) is 2.21. The number of methoxy groups -OCH3 is 1. The lowest BCUT2D eigenvalue weighted by Crippen LogP contribution is -2.55. The molecule has 76 valence electrons. The van der Waals surface area contributed by atoms with Gasteiger partial charge in [-0.05, 0) is 12.0 Å². The molecule has 0 aromatic heterocycles. The van der Waals surface area contributed by atoms with Crippen molar-refractivity contribution in [2.75, 3.05) is 13.7 Å². The summed E-state index contributed by atoms with van der Waals surface area (Å²) >= 11 is 0. The van der Waals surface area contributed by atoms with Crippen LogP contribution in [0.3, 0.4) is 0 Å². The largest absolute Gasteiger partial charge is 0.469 e. The highest BCUT2D eigenvalue weighted by molar-refractivity contribution is 5.72. The number of carbonyl (C=O) groups is 1. The maximum Gasteiger partial charge on any atom is 0.314 e. The highest BCUT2D eigenvalue weighted by atomic mass is 16.5. The Labute approximate surface area is 83.9 Å². The highest BCUT2D eigenvalue weighted by Gasteiger charge is 2.19. The number of rotatable bonds is 4. The summed E-state index contributed by atoms with van der Waals surface area (Å²) in [6, 6.07) is 9.90. The van der Waals surface area contributed by atoms with Crippen molar-refractivity contribution in [2.24, 2.45) is 5.92 Å². The Bertz CT molecular complexity index is 285. The second-order valence-electron chi connectivity index (χ2n) is 3.20. The van der Waals surface area contributed by atoms with Gasteiger partial charge in [0.05, 0.1) is 13.7 Å². The second-order valence-corrected chi connectivity index (χ2v) is 3.20. The number of carbonyl (C=O) groups excluding carboxylic acids is 1. The van der Waals surface area contributed by atoms with E-state index in [0.29, 0.717) is 13.0 Å². The fourth-order valence-electron chi connectivity index (χ4n) is 1.37. The molecule has 0 aliphatic carbocycles. The zero-order chi connectivity index (χ0) is 10.4. The van der Waals surface area contributed by atoms with Gasteiger partial charge in [-0.3, -0.25) is 4.79 Å². The standard InChI is InChI=1S/C11H15NO2/c1-14-11(13)10(8-12)7-9-5-3-2-4-6-9/h2-6,10H,7-8,12H2,1H3/p+1/t10-/m0/s1. The molecule has 0 saturated heterocycles. The van der Waals surface area contributed by atoms with Crippen LogP contribution in [0, 0.1) is 5.92 Å². The summed E-state index contributed by atoms with van der Waals surface area (Å²) in [7, 11) is 1.41. The molecule has 0 aliphatic heterocycles. The molecule has 0 saturated carbocycles. The maximum atomic E-state index is 11.3. The molecule has 3 N–H and O–H groups in total. The normalized spacial score (nSPS) is 12.1. The monoisotopic (exact) mass is 194 g/mol. The molecule has 1 rings (SSSR count). The predicted octanol–water partition coefficient (Wildman–Crippen LogP) is 0.260. The first-order chi connectivity index (χ1) is 6.77. The lowest BCUT2D eigenvalue weighted by molar-refractivity contribution is -0.376. The molecule has 3 nitrogen and oxygen atoms in total. The van der Waals surface area contributed by atoms with Gasteiger partial charge in [0.1, 0.15) is 5.92 Å². The van der Waals surface area contributed by atoms with Crippen LogP contribution in [0.25, 0.3) is 0 Å². The Morgan fingerprint density at radius 1 is 1.43 bits per heavy atom. The van der Waals surface area contributed by atoms with Crippen LogP contribution in [0.4, 0.5) is 0 Å². The summed E-state index contributed by atoms with van der Waals surface area (Å²) in [5.74, 6) is -0.300. The molecule has 0 unspecified atom stereocenters. The number of benzene rings is 1. The Morgan fingerprint density at radius 3 is 2.57 bits per heavy atom. The fourth-order valence-corrected chi connectivity index (χ4v) is 1.37. The minimum Gasteiger partial charge on any atom is -0.469 e. The van der Waals surface area contributed by atoms with Crippen molar-refractivity contribution in [1.29, 1.82) is 0 Å². The van der Waals surface area contributed by atoms with Crippen molar-refractivity contribution >= 4 is 5.97 Å². The zero-order valence-corrected chi connectivity index (χ0v) is 8.40. The number of ether oxygens (including phenoxy) is 1. The van der Waals surface area contributed by atoms with E-state index in [1.54, 1.807) is 0 Å². The van der Waals surface area contributed by atoms with Gasteiger partial charge in [-0.2, -0.15) is 0 Å². The van der Waals surface area contributed by atoms with Crippen molar-refractivity contribution in [1.82, 2.24) is 0 Å². The first-order valence-electron chi connectivity index (χ1n) is 4.69. The summed E-state index contributed by atoms with van der Waals surface area (Å²) in [6.07, 6.45) is 0.705. The second kappa shape index (κ2) is 5.40. The Kier molecular flexibility index (Phi) is 4.13. The molecule has 1 aromatic rings. The lowest BCUT2D eigenvalue weighted by atomic mass is 10.00. The van der Waals surface area contributed by atoms with Gasteiger partial charge in [0, 0.05) is 0 Å². The number of esters is 1. The minimum atomic E-state index is -0.177. The molecule has 0 radical (unpaired) electrons. The predicted molar refractivity (Wildman–Crippen MR) is 53.4 cm³/mol. The Hall–Kier alpha value is -1.35. The average molecular weight is 194 g/mol. The van der Waals surface area contributed by atoms with Gasteiger partial charge < -0.3 is 10.5 Å². The first kappa shape index (κ1) is 10.7. The maximum absolute atomic E-state index is 11.3. The third-order valence-corrected chi connectivity index (χ3v) is 2.21. The van der Waals surface area contributed by atoms with E-state index in [1.807, 2.05) is 30.3 Å². The smallest absolute Gasteiger partial charge is 0.314 e. The van der Waals surface area contributed by atoms with Crippen LogP contribution in [0.2, 0.25) is 0 Å². The van der Waals surface area contributed by atoms with Gasteiger partial charge in [-0.25, -0.2) is 0 Å². The van der Waals surface area contributed by atoms with E-state index in [9.17, 15) is 4.79 Å². The molecule has 1 aromatic carbocycles. The van der Waals surface area contributed by atoms with E-state index in [1.165, 1.54) is 7.11 Å². The summed E-state index contributed by atoms with van der Waals surface area (Å²) in [5, 5.41) is 0. The molecule has 1 atom stereocenters. The molecule has 0 aliphatic rings. The summed E-state index contributed by atoms with van der Waals surface area (Å²) < 4.78 is 4.70. The fraction of sp³-hybridized carbons (Fsp3) is 0.364. The molecular formula is C11H16NO2+. The van der Waals surface area contributed by atoms with E-state index in [0.717, 1.165) is 5.56 Å². The van der Waals surface area contributed by atoms with E-state index >= 15 is 0 Å². The van der Waals surface area contributed by atoms with Crippen LogP contribution in [0.15, 0.2) is 30.3 Å². The van der Waals surface area contributed by atoms with Gasteiger partial charge in [0.2, 0.25) is 0 Å². The van der Waals surface area contributed by atoms with Crippen molar-refractivity contribution in [3.05, 3.63) is 35.9 Å². The topological polar surface area (TPSA) is 53.9 Å². The molecule has 0 bridgehead atoms. The van der Waals surface area contributed by atoms with E-state index < -0.39 is 0 Å². The summed E-state index contributed by atoms with van der Waals surface area (Å²) in [4.78, 5) is 11.3. The van der Waals surface area contributed by atoms with Gasteiger partial charge in [0.25, 0.3) is 0 Å². The van der Waals surface area contributed by atoms with Gasteiger partial charge in [-0.1, -0.05) is 30.3 Å². The molecular weight excluding hydrogens is 178 g/mol. The first-order valence-corrected chi connectivity index (χ1v) is 4.69. The lowest BCUT2D eigenvalue weighted by Gasteiger charge is -2.09. The Morgan fingerprint density at radius 2 is 2.07 bits per heavy atom. The quantitative estimate of drug-likeness (QED) is 0.699. The average Bonchev–Trinajstić information content (AvgIpc) is 2.26. The Balaban J connectivity index is 2.62. The number of hydrogen-bond donors (Lipinski definition) is 1. The molecule has 3 heteroatoms. The molecule has 0 fully saturated rings. The van der Waals surface area contributed by atoms with E-state index in [2.05, 4.69) is 5.73 Å². The van der Waals surface area contributed by atoms with Gasteiger partial charge in [-0.15, -0.1) is 0 Å². The minimum absolute atomic E-state index is 0.123. The van der Waals surface area contributed by atoms with Crippen LogP contribution >= 0.6 is 0 Å². The van der Waals surface area contributed by atoms with Gasteiger partial charge in [0.15, 0.2) is 0 Å². The van der Waals surface area contributed by atoms with Gasteiger partial charge >= 0.3 is 5.97 Å². The molecule has 0 spiro atoms. The van der Waals surface area contributed by atoms with Crippen LogP contribution in [-0.4, -0.2) is 19.6 Å². The van der Waals surface area contributed by atoms with E-state index in [-0.39, 0.29) is 11.9 Å². The summed E-state index contributed by atoms with van der Waals surface area (Å²) in [5.41, 5.74) is 4.90. The molecule has 0 heterocycles. The zero-order valence-electron chi connectivity index (χ0n) is 8.40. The summed E-state index contributed by atoms with van der Waals surface area (Å²) in [6.45, 7) is 0.571. The highest BCUT2D eigenvalue weighted by Crippen LogP contribution is 2.08. The molecule has 0 amide bonds. The SMILES string of the molecule is COC(=O)[C@H](C[NH3+])Cc1ccccc1. The van der Waals surface area contributed by atoms with Crippen molar-refractivity contribution < 1.29 is 15.3 Å². The van der Waals surface area contributed by atoms with Crippen molar-refractivity contribution in [3.8, 4) is 0 Å². The number of quaternary nitrogens is 1. The van der Waals surface area contributed by atoms with Crippen LogP contribution in [-0.2, 0) is 16.0 Å². The van der Waals surface area contributed by atoms with Crippen molar-refractivity contribution in [2.45, 2.75) is 6.42 Å². The third kappa shape index (κ3) is 2.85. The van der Waals surface area contributed by atoms with E-state index in [4.69, 9.17) is 4.74 Å².